The lowest BCUT2D eigenvalue weighted by molar-refractivity contribution is 0.0774. The lowest BCUT2D eigenvalue weighted by atomic mass is 9.93. The Labute approximate surface area is 121 Å². The summed E-state index contributed by atoms with van der Waals surface area (Å²) >= 11 is 0. The second-order valence-corrected chi connectivity index (χ2v) is 5.73. The minimum atomic E-state index is -0.811. The fourth-order valence-corrected chi connectivity index (χ4v) is 2.39. The maximum Gasteiger partial charge on any atom is 0.0843 e. The minimum Gasteiger partial charge on any atom is -0.386 e. The van der Waals surface area contributed by atoms with Gasteiger partial charge in [0.2, 0.25) is 0 Å². The van der Waals surface area contributed by atoms with Gasteiger partial charge in [-0.3, -0.25) is 0 Å². The molecular formula is C18H23NO. The zero-order valence-corrected chi connectivity index (χ0v) is 12.4. The Balaban J connectivity index is 2.08. The third-order valence-electron chi connectivity index (χ3n) is 3.57. The first-order valence-electron chi connectivity index (χ1n) is 7.07. The monoisotopic (exact) mass is 269 g/mol. The quantitative estimate of drug-likeness (QED) is 0.866. The molecule has 0 aromatic heterocycles. The lowest BCUT2D eigenvalue weighted by Crippen LogP contribution is -2.23. The van der Waals surface area contributed by atoms with Crippen molar-refractivity contribution in [2.45, 2.75) is 39.0 Å². The van der Waals surface area contributed by atoms with Crippen molar-refractivity contribution in [1.29, 1.82) is 0 Å². The van der Waals surface area contributed by atoms with E-state index in [-0.39, 0.29) is 6.04 Å². The Bertz CT molecular complexity index is 543. The maximum absolute atomic E-state index is 10.2. The van der Waals surface area contributed by atoms with Gasteiger partial charge in [0.15, 0.2) is 0 Å². The molecule has 1 atom stereocenters. The summed E-state index contributed by atoms with van der Waals surface area (Å²) in [6.45, 7) is 6.55. The first kappa shape index (κ1) is 14.8. The lowest BCUT2D eigenvalue weighted by Gasteiger charge is -2.23. The highest BCUT2D eigenvalue weighted by molar-refractivity contribution is 5.31. The van der Waals surface area contributed by atoms with Gasteiger partial charge in [-0.25, -0.2) is 0 Å². The van der Waals surface area contributed by atoms with Crippen molar-refractivity contribution in [3.05, 3.63) is 71.3 Å². The van der Waals surface area contributed by atoms with Crippen LogP contribution in [0.4, 0.5) is 0 Å². The van der Waals surface area contributed by atoms with Crippen molar-refractivity contribution in [3.63, 3.8) is 0 Å². The summed E-state index contributed by atoms with van der Waals surface area (Å²) in [6, 6.07) is 18.7. The van der Waals surface area contributed by atoms with E-state index in [0.29, 0.717) is 0 Å². The average Bonchev–Trinajstić information content (AvgIpc) is 2.45. The second-order valence-electron chi connectivity index (χ2n) is 5.73. The van der Waals surface area contributed by atoms with Crippen LogP contribution in [0.15, 0.2) is 54.6 Å². The molecule has 0 saturated carbocycles. The summed E-state index contributed by atoms with van der Waals surface area (Å²) in [5.74, 6) is 0. The van der Waals surface area contributed by atoms with Gasteiger partial charge in [0.25, 0.3) is 0 Å². The molecule has 2 aromatic carbocycles. The van der Waals surface area contributed by atoms with E-state index in [9.17, 15) is 5.11 Å². The van der Waals surface area contributed by atoms with Crippen LogP contribution in [-0.4, -0.2) is 5.11 Å². The predicted octanol–water partition coefficient (Wildman–Crippen LogP) is 3.76. The Morgan fingerprint density at radius 2 is 1.60 bits per heavy atom. The smallest absolute Gasteiger partial charge is 0.0843 e. The molecule has 0 aliphatic heterocycles. The van der Waals surface area contributed by atoms with Crippen molar-refractivity contribution in [2.75, 3.05) is 0 Å². The topological polar surface area (TPSA) is 32.3 Å². The normalized spacial score (nSPS) is 13.2. The summed E-state index contributed by atoms with van der Waals surface area (Å²) in [7, 11) is 0. The third kappa shape index (κ3) is 3.69. The molecule has 0 bridgehead atoms. The summed E-state index contributed by atoms with van der Waals surface area (Å²) in [4.78, 5) is 0. The number of hydrogen-bond donors (Lipinski definition) is 2. The molecule has 2 heteroatoms. The van der Waals surface area contributed by atoms with Gasteiger partial charge in [-0.15, -0.1) is 0 Å². The van der Waals surface area contributed by atoms with E-state index in [1.165, 1.54) is 5.56 Å². The minimum absolute atomic E-state index is 0.283. The van der Waals surface area contributed by atoms with Crippen LogP contribution in [-0.2, 0) is 12.1 Å². The van der Waals surface area contributed by atoms with E-state index in [4.69, 9.17) is 0 Å². The van der Waals surface area contributed by atoms with Gasteiger partial charge in [0.1, 0.15) is 0 Å². The van der Waals surface area contributed by atoms with E-state index >= 15 is 0 Å². The predicted molar refractivity (Wildman–Crippen MR) is 83.4 cm³/mol. The average molecular weight is 269 g/mol. The van der Waals surface area contributed by atoms with E-state index in [1.54, 1.807) is 0 Å². The third-order valence-corrected chi connectivity index (χ3v) is 3.57. The fraction of sp³-hybridized carbons (Fsp3) is 0.333. The fourth-order valence-electron chi connectivity index (χ4n) is 2.39. The highest BCUT2D eigenvalue weighted by Crippen LogP contribution is 2.24. The Hall–Kier alpha value is -1.64. The molecule has 20 heavy (non-hydrogen) atoms. The summed E-state index contributed by atoms with van der Waals surface area (Å²) in [5, 5.41) is 13.7. The van der Waals surface area contributed by atoms with Crippen molar-refractivity contribution in [2.24, 2.45) is 0 Å². The van der Waals surface area contributed by atoms with Gasteiger partial charge in [-0.2, -0.15) is 0 Å². The number of rotatable bonds is 5. The van der Waals surface area contributed by atoms with Crippen molar-refractivity contribution in [1.82, 2.24) is 5.32 Å². The van der Waals surface area contributed by atoms with Gasteiger partial charge in [-0.05, 0) is 37.5 Å². The van der Waals surface area contributed by atoms with Crippen LogP contribution < -0.4 is 5.32 Å². The van der Waals surface area contributed by atoms with Crippen molar-refractivity contribution < 1.29 is 5.11 Å². The van der Waals surface area contributed by atoms with Gasteiger partial charge >= 0.3 is 0 Å². The molecule has 2 nitrogen and oxygen atoms in total. The molecule has 0 spiro atoms. The molecule has 2 N–H and O–H groups in total. The summed E-state index contributed by atoms with van der Waals surface area (Å²) < 4.78 is 0. The molecular weight excluding hydrogens is 246 g/mol. The van der Waals surface area contributed by atoms with E-state index in [0.717, 1.165) is 17.7 Å². The Morgan fingerprint density at radius 3 is 2.25 bits per heavy atom. The van der Waals surface area contributed by atoms with Crippen LogP contribution >= 0.6 is 0 Å². The summed E-state index contributed by atoms with van der Waals surface area (Å²) in [6.07, 6.45) is 0. The van der Waals surface area contributed by atoms with Gasteiger partial charge in [-0.1, -0.05) is 54.6 Å². The largest absolute Gasteiger partial charge is 0.386 e. The number of benzene rings is 2. The molecule has 2 rings (SSSR count). The summed E-state index contributed by atoms with van der Waals surface area (Å²) in [5.41, 5.74) is 2.58. The molecule has 0 aliphatic carbocycles. The SMILES string of the molecule is C[C@@H](NCc1ccccc1C(C)(C)O)c1ccccc1. The van der Waals surface area contributed by atoms with Crippen molar-refractivity contribution in [3.8, 4) is 0 Å². The number of hydrogen-bond acceptors (Lipinski definition) is 2. The molecule has 0 unspecified atom stereocenters. The molecule has 0 radical (unpaired) electrons. The van der Waals surface area contributed by atoms with Crippen LogP contribution in [0.2, 0.25) is 0 Å². The maximum atomic E-state index is 10.2. The van der Waals surface area contributed by atoms with E-state index in [1.807, 2.05) is 38.1 Å². The highest BCUT2D eigenvalue weighted by Gasteiger charge is 2.19. The molecule has 0 fully saturated rings. The molecule has 0 saturated heterocycles. The first-order valence-corrected chi connectivity index (χ1v) is 7.07. The van der Waals surface area contributed by atoms with Crippen LogP contribution in [0, 0.1) is 0 Å². The Kier molecular flexibility index (Phi) is 4.58. The van der Waals surface area contributed by atoms with Crippen molar-refractivity contribution >= 4 is 0 Å². The zero-order valence-electron chi connectivity index (χ0n) is 12.4. The highest BCUT2D eigenvalue weighted by atomic mass is 16.3. The van der Waals surface area contributed by atoms with Crippen LogP contribution in [0.1, 0.15) is 43.5 Å². The van der Waals surface area contributed by atoms with Gasteiger partial charge < -0.3 is 10.4 Å². The van der Waals surface area contributed by atoms with Crippen LogP contribution in [0.5, 0.6) is 0 Å². The molecule has 0 aliphatic rings. The standard InChI is InChI=1S/C18H23NO/c1-14(15-9-5-4-6-10-15)19-13-16-11-7-8-12-17(16)18(2,3)20/h4-12,14,19-20H,13H2,1-3H3/t14-/m1/s1. The Morgan fingerprint density at radius 1 is 1.00 bits per heavy atom. The van der Waals surface area contributed by atoms with E-state index in [2.05, 4.69) is 42.6 Å². The second kappa shape index (κ2) is 6.21. The van der Waals surface area contributed by atoms with Crippen LogP contribution in [0.25, 0.3) is 0 Å². The van der Waals surface area contributed by atoms with Crippen LogP contribution in [0.3, 0.4) is 0 Å². The van der Waals surface area contributed by atoms with Gasteiger partial charge in [0.05, 0.1) is 5.60 Å². The molecule has 106 valence electrons. The van der Waals surface area contributed by atoms with Gasteiger partial charge in [0, 0.05) is 12.6 Å². The number of nitrogens with one attached hydrogen (secondary N) is 1. The zero-order chi connectivity index (χ0) is 14.6. The first-order chi connectivity index (χ1) is 9.48. The molecule has 2 aromatic rings. The number of aliphatic hydroxyl groups is 1. The molecule has 0 heterocycles. The molecule has 0 amide bonds. The van der Waals surface area contributed by atoms with E-state index < -0.39 is 5.60 Å².